The summed E-state index contributed by atoms with van der Waals surface area (Å²) in [5.41, 5.74) is 0. The molecule has 1 aliphatic rings. The van der Waals surface area contributed by atoms with Crippen molar-refractivity contribution >= 4 is 18.4 Å². The number of ether oxygens (including phenoxy) is 1. The van der Waals surface area contributed by atoms with Crippen LogP contribution in [0.5, 0.6) is 0 Å². The second-order valence-electron chi connectivity index (χ2n) is 7.59. The third-order valence-corrected chi connectivity index (χ3v) is 4.80. The molecule has 1 saturated heterocycles. The van der Waals surface area contributed by atoms with Gasteiger partial charge in [0.25, 0.3) is 6.47 Å². The molecule has 0 spiro atoms. The number of carboxylic acid groups (broad SMARTS) is 2. The van der Waals surface area contributed by atoms with Gasteiger partial charge in [-0.2, -0.15) is 0 Å². The molecule has 192 valence electrons. The third kappa shape index (κ3) is 35.8. The second kappa shape index (κ2) is 31.6. The lowest BCUT2D eigenvalue weighted by Gasteiger charge is -2.13. The highest BCUT2D eigenvalue weighted by molar-refractivity contribution is 5.66. The molecule has 7 heteroatoms. The van der Waals surface area contributed by atoms with Crippen LogP contribution in [0.4, 0.5) is 0 Å². The maximum absolute atomic E-state index is 10.1. The molecular formula is C25H51NO6. The molecule has 0 aromatic carbocycles. The maximum atomic E-state index is 10.1. The van der Waals surface area contributed by atoms with Crippen molar-refractivity contribution in [2.45, 2.75) is 118 Å². The predicted octanol–water partition coefficient (Wildman–Crippen LogP) is 6.14. The van der Waals surface area contributed by atoms with Gasteiger partial charge in [0.15, 0.2) is 0 Å². The van der Waals surface area contributed by atoms with Crippen LogP contribution in [0.2, 0.25) is 0 Å². The van der Waals surface area contributed by atoms with Gasteiger partial charge in [-0.05, 0) is 51.7 Å². The van der Waals surface area contributed by atoms with Crippen molar-refractivity contribution in [1.82, 2.24) is 4.90 Å². The van der Waals surface area contributed by atoms with Crippen LogP contribution >= 0.6 is 0 Å². The van der Waals surface area contributed by atoms with Gasteiger partial charge in [0.1, 0.15) is 0 Å². The highest BCUT2D eigenvalue weighted by Crippen LogP contribution is 2.10. The van der Waals surface area contributed by atoms with Crippen LogP contribution in [0.15, 0.2) is 0 Å². The smallest absolute Gasteiger partial charge is 0.303 e. The number of rotatable bonds is 16. The van der Waals surface area contributed by atoms with E-state index in [0.29, 0.717) is 13.1 Å². The van der Waals surface area contributed by atoms with Crippen molar-refractivity contribution in [3.05, 3.63) is 0 Å². The molecule has 0 radical (unpaired) electrons. The first kappa shape index (κ1) is 35.0. The molecule has 0 aliphatic carbocycles. The van der Waals surface area contributed by atoms with Gasteiger partial charge in [0, 0.05) is 12.8 Å². The summed E-state index contributed by atoms with van der Waals surface area (Å²) in [6.07, 6.45) is 15.0. The van der Waals surface area contributed by atoms with Crippen LogP contribution in [-0.4, -0.2) is 59.8 Å². The number of hydrogen-bond acceptors (Lipinski definition) is 5. The summed E-state index contributed by atoms with van der Waals surface area (Å²) in [5, 5.41) is 16.0. The topological polar surface area (TPSA) is 104 Å². The molecule has 1 fully saturated rings. The van der Waals surface area contributed by atoms with E-state index in [4.69, 9.17) is 10.2 Å². The van der Waals surface area contributed by atoms with Crippen LogP contribution in [-0.2, 0) is 19.1 Å². The van der Waals surface area contributed by atoms with Crippen molar-refractivity contribution in [2.24, 2.45) is 0 Å². The number of nitrogens with zero attached hydrogens (tertiary/aromatic N) is 1. The van der Waals surface area contributed by atoms with Crippen LogP contribution in [0.25, 0.3) is 0 Å². The van der Waals surface area contributed by atoms with E-state index < -0.39 is 11.9 Å². The zero-order valence-corrected chi connectivity index (χ0v) is 21.3. The van der Waals surface area contributed by atoms with E-state index in [1.807, 2.05) is 13.8 Å². The predicted molar refractivity (Wildman–Crippen MR) is 131 cm³/mol. The molecule has 0 saturated carbocycles. The molecule has 0 unspecified atom stereocenters. The van der Waals surface area contributed by atoms with E-state index in [2.05, 4.69) is 16.6 Å². The van der Waals surface area contributed by atoms with Crippen molar-refractivity contribution in [3.63, 3.8) is 0 Å². The van der Waals surface area contributed by atoms with Gasteiger partial charge >= 0.3 is 11.9 Å². The molecule has 7 nitrogen and oxygen atoms in total. The molecule has 32 heavy (non-hydrogen) atoms. The van der Waals surface area contributed by atoms with Gasteiger partial charge in [0.2, 0.25) is 0 Å². The van der Waals surface area contributed by atoms with E-state index in [9.17, 15) is 14.4 Å². The highest BCUT2D eigenvalue weighted by atomic mass is 16.5. The monoisotopic (exact) mass is 461 g/mol. The van der Waals surface area contributed by atoms with E-state index >= 15 is 0 Å². The van der Waals surface area contributed by atoms with Crippen molar-refractivity contribution < 1.29 is 29.3 Å². The lowest BCUT2D eigenvalue weighted by molar-refractivity contribution is -0.137. The minimum Gasteiger partial charge on any atom is -0.481 e. The summed E-state index contributed by atoms with van der Waals surface area (Å²) < 4.78 is 4.50. The van der Waals surface area contributed by atoms with Crippen LogP contribution in [0.1, 0.15) is 118 Å². The largest absolute Gasteiger partial charge is 0.481 e. The lowest BCUT2D eigenvalue weighted by atomic mass is 10.1. The molecule has 1 aliphatic heterocycles. The lowest BCUT2D eigenvalue weighted by Crippen LogP contribution is -2.20. The zero-order chi connectivity index (χ0) is 24.9. The number of unbranched alkanes of at least 4 members (excludes halogenated alkanes) is 8. The minimum absolute atomic E-state index is 0.222. The summed E-state index contributed by atoms with van der Waals surface area (Å²) >= 11 is 0. The molecule has 2 N–H and O–H groups in total. The Hall–Kier alpha value is -1.63. The quantitative estimate of drug-likeness (QED) is 0.210. The summed E-state index contributed by atoms with van der Waals surface area (Å²) in [5.74, 6) is -1.48. The molecular weight excluding hydrogens is 410 g/mol. The van der Waals surface area contributed by atoms with Crippen molar-refractivity contribution in [3.8, 4) is 0 Å². The van der Waals surface area contributed by atoms with E-state index in [0.717, 1.165) is 32.1 Å². The average molecular weight is 462 g/mol. The molecule has 1 rings (SSSR count). The standard InChI is InChI=1S/C11H23N.C9H16O4.C3H6O2.C2H6/c1-2-3-4-5-6-9-12-10-7-8-11-12;10-8-13-7-5-3-1-2-4-6-9(11)12;1-2-3(4)5;1-2/h2-11H2,1H3;8H,1-7H2,(H,11,12);2H2,1H3,(H,4,5);1-2H3. The van der Waals surface area contributed by atoms with Crippen molar-refractivity contribution in [2.75, 3.05) is 26.2 Å². The first-order valence-corrected chi connectivity index (χ1v) is 12.7. The Morgan fingerprint density at radius 2 is 1.31 bits per heavy atom. The Labute approximate surface area is 196 Å². The van der Waals surface area contributed by atoms with Gasteiger partial charge in [0.05, 0.1) is 6.61 Å². The SMILES string of the molecule is CC.CCC(=O)O.CCCCCCCN1CCCC1.O=COCCCCCCCC(=O)O. The van der Waals surface area contributed by atoms with Crippen LogP contribution < -0.4 is 0 Å². The Morgan fingerprint density at radius 3 is 1.81 bits per heavy atom. The van der Waals surface area contributed by atoms with Gasteiger partial charge in [-0.1, -0.05) is 72.6 Å². The first-order chi connectivity index (χ1) is 15.5. The maximum Gasteiger partial charge on any atom is 0.303 e. The minimum atomic E-state index is -0.745. The van der Waals surface area contributed by atoms with Gasteiger partial charge < -0.3 is 19.8 Å². The van der Waals surface area contributed by atoms with Gasteiger partial charge in [-0.15, -0.1) is 0 Å². The fraction of sp³-hybridized carbons (Fsp3) is 0.880. The Kier molecular flexibility index (Phi) is 34.5. The summed E-state index contributed by atoms with van der Waals surface area (Å²) in [4.78, 5) is 31.8. The fourth-order valence-corrected chi connectivity index (χ4v) is 2.99. The Bertz CT molecular complexity index is 398. The number of carbonyl (C=O) groups is 3. The van der Waals surface area contributed by atoms with E-state index in [1.165, 1.54) is 64.6 Å². The second-order valence-corrected chi connectivity index (χ2v) is 7.59. The summed E-state index contributed by atoms with van der Waals surface area (Å²) in [6.45, 7) is 12.9. The molecule has 0 atom stereocenters. The number of hydrogen-bond donors (Lipinski definition) is 2. The molecule has 0 amide bonds. The number of likely N-dealkylation sites (tertiary alicyclic amines) is 1. The van der Waals surface area contributed by atoms with Gasteiger partial charge in [-0.25, -0.2) is 0 Å². The summed E-state index contributed by atoms with van der Waals surface area (Å²) in [7, 11) is 0. The molecule has 1 heterocycles. The van der Waals surface area contributed by atoms with E-state index in [-0.39, 0.29) is 12.8 Å². The fourth-order valence-electron chi connectivity index (χ4n) is 2.99. The molecule has 0 aromatic heterocycles. The third-order valence-electron chi connectivity index (χ3n) is 4.80. The highest BCUT2D eigenvalue weighted by Gasteiger charge is 2.09. The Balaban J connectivity index is -0.000000410. The van der Waals surface area contributed by atoms with E-state index in [1.54, 1.807) is 6.92 Å². The normalized spacial score (nSPS) is 12.2. The molecule has 0 aromatic rings. The zero-order valence-electron chi connectivity index (χ0n) is 21.3. The molecule has 0 bridgehead atoms. The Morgan fingerprint density at radius 1 is 0.812 bits per heavy atom. The summed E-state index contributed by atoms with van der Waals surface area (Å²) in [6, 6.07) is 0. The van der Waals surface area contributed by atoms with Crippen LogP contribution in [0.3, 0.4) is 0 Å². The number of aliphatic carboxylic acids is 2. The van der Waals surface area contributed by atoms with Crippen LogP contribution in [0, 0.1) is 0 Å². The first-order valence-electron chi connectivity index (χ1n) is 12.7. The van der Waals surface area contributed by atoms with Crippen molar-refractivity contribution in [1.29, 1.82) is 0 Å². The number of carboxylic acids is 2. The average Bonchev–Trinajstić information content (AvgIpc) is 3.31. The number of carbonyl (C=O) groups excluding carboxylic acids is 1. The van der Waals surface area contributed by atoms with Gasteiger partial charge in [-0.3, -0.25) is 14.4 Å².